The van der Waals surface area contributed by atoms with E-state index in [2.05, 4.69) is 39.7 Å². The lowest BCUT2D eigenvalue weighted by atomic mass is 10.1. The molecule has 0 saturated carbocycles. The van der Waals surface area contributed by atoms with Gasteiger partial charge in [-0.1, -0.05) is 48.5 Å². The third-order valence-electron chi connectivity index (χ3n) is 4.79. The Labute approximate surface area is 157 Å². The molecule has 0 aliphatic carbocycles. The summed E-state index contributed by atoms with van der Waals surface area (Å²) >= 11 is 0. The third kappa shape index (κ3) is 3.68. The Morgan fingerprint density at radius 1 is 1.04 bits per heavy atom. The number of rotatable bonds is 6. The van der Waals surface area contributed by atoms with Gasteiger partial charge in [0.1, 0.15) is 12.2 Å². The van der Waals surface area contributed by atoms with E-state index < -0.39 is 0 Å². The predicted molar refractivity (Wildman–Crippen MR) is 107 cm³/mol. The molecule has 0 fully saturated rings. The first-order valence-electron chi connectivity index (χ1n) is 9.25. The smallest absolute Gasteiger partial charge is 0.258 e. The van der Waals surface area contributed by atoms with Crippen molar-refractivity contribution in [2.45, 2.75) is 19.9 Å². The molecule has 0 atom stereocenters. The van der Waals surface area contributed by atoms with Gasteiger partial charge >= 0.3 is 0 Å². The Kier molecular flexibility index (Phi) is 4.85. The summed E-state index contributed by atoms with van der Waals surface area (Å²) in [5, 5.41) is 7.79. The number of para-hydroxylation sites is 1. The maximum Gasteiger partial charge on any atom is 0.258 e. The number of pyridine rings is 1. The van der Waals surface area contributed by atoms with E-state index in [4.69, 9.17) is 0 Å². The minimum Gasteiger partial charge on any atom is -0.342 e. The molecule has 3 N–H and O–H groups in total. The number of hydrogen-bond acceptors (Lipinski definition) is 2. The fourth-order valence-corrected chi connectivity index (χ4v) is 3.34. The van der Waals surface area contributed by atoms with Crippen LogP contribution in [0, 0.1) is 6.92 Å². The minimum atomic E-state index is -0.0458. The summed E-state index contributed by atoms with van der Waals surface area (Å²) in [6.07, 6.45) is 0.992. The first-order valence-corrected chi connectivity index (χ1v) is 9.25. The van der Waals surface area contributed by atoms with Crippen LogP contribution in [0.2, 0.25) is 0 Å². The van der Waals surface area contributed by atoms with Crippen LogP contribution >= 0.6 is 0 Å². The van der Waals surface area contributed by atoms with Gasteiger partial charge in [0.15, 0.2) is 0 Å². The number of quaternary nitrogens is 1. The number of aryl methyl sites for hydroxylation is 1. The van der Waals surface area contributed by atoms with Crippen molar-refractivity contribution in [2.24, 2.45) is 0 Å². The van der Waals surface area contributed by atoms with Crippen molar-refractivity contribution >= 4 is 11.0 Å². The van der Waals surface area contributed by atoms with E-state index in [1.165, 1.54) is 5.56 Å². The molecule has 0 spiro atoms. The Morgan fingerprint density at radius 3 is 2.48 bits per heavy atom. The molecule has 2 aromatic heterocycles. The second kappa shape index (κ2) is 7.60. The van der Waals surface area contributed by atoms with E-state index in [0.717, 1.165) is 40.9 Å². The summed E-state index contributed by atoms with van der Waals surface area (Å²) < 4.78 is 1.80. The van der Waals surface area contributed by atoms with Crippen molar-refractivity contribution in [2.75, 3.05) is 6.54 Å². The molecule has 0 bridgehead atoms. The Balaban J connectivity index is 1.54. The van der Waals surface area contributed by atoms with Gasteiger partial charge in [0.2, 0.25) is 0 Å². The second-order valence-corrected chi connectivity index (χ2v) is 6.74. The van der Waals surface area contributed by atoms with Crippen LogP contribution < -0.4 is 10.9 Å². The van der Waals surface area contributed by atoms with E-state index in [1.807, 2.05) is 49.4 Å². The highest BCUT2D eigenvalue weighted by Crippen LogP contribution is 2.19. The van der Waals surface area contributed by atoms with Crippen LogP contribution in [0.25, 0.3) is 16.7 Å². The fourth-order valence-electron chi connectivity index (χ4n) is 3.34. The minimum absolute atomic E-state index is 0.0458. The molecule has 2 aromatic carbocycles. The van der Waals surface area contributed by atoms with Crippen LogP contribution in [-0.2, 0) is 13.0 Å². The second-order valence-electron chi connectivity index (χ2n) is 6.74. The van der Waals surface area contributed by atoms with Gasteiger partial charge in [0, 0.05) is 11.8 Å². The summed E-state index contributed by atoms with van der Waals surface area (Å²) in [4.78, 5) is 15.6. The molecule has 5 nitrogen and oxygen atoms in total. The van der Waals surface area contributed by atoms with Gasteiger partial charge < -0.3 is 10.3 Å². The molecule has 0 unspecified atom stereocenters. The summed E-state index contributed by atoms with van der Waals surface area (Å²) in [6.45, 7) is 3.58. The first-order chi connectivity index (χ1) is 13.2. The van der Waals surface area contributed by atoms with E-state index in [0.29, 0.717) is 6.54 Å². The summed E-state index contributed by atoms with van der Waals surface area (Å²) in [5.74, 6) is 0. The molecular formula is C22H23N4O+. The van der Waals surface area contributed by atoms with E-state index >= 15 is 0 Å². The van der Waals surface area contributed by atoms with Crippen LogP contribution in [0.15, 0.2) is 71.5 Å². The van der Waals surface area contributed by atoms with Crippen LogP contribution in [0.1, 0.15) is 16.8 Å². The number of benzene rings is 2. The molecule has 136 valence electrons. The van der Waals surface area contributed by atoms with Crippen molar-refractivity contribution in [3.63, 3.8) is 0 Å². The van der Waals surface area contributed by atoms with Crippen LogP contribution in [0.5, 0.6) is 0 Å². The molecule has 2 heterocycles. The van der Waals surface area contributed by atoms with Gasteiger partial charge in [-0.05, 0) is 30.7 Å². The lowest BCUT2D eigenvalue weighted by molar-refractivity contribution is -0.670. The molecule has 4 aromatic rings. The number of nitrogens with zero attached hydrogens (tertiary/aromatic N) is 2. The number of aromatic nitrogens is 3. The monoisotopic (exact) mass is 359 g/mol. The van der Waals surface area contributed by atoms with Crippen molar-refractivity contribution in [1.29, 1.82) is 0 Å². The SMILES string of the molecule is Cc1nn(-c2ccccc2)c2[nH]c(=O)c(C[NH2+]CCc3ccccc3)cc12. The predicted octanol–water partition coefficient (Wildman–Crippen LogP) is 2.33. The Morgan fingerprint density at radius 2 is 1.74 bits per heavy atom. The fraction of sp³-hybridized carbons (Fsp3) is 0.182. The molecule has 27 heavy (non-hydrogen) atoms. The average molecular weight is 359 g/mol. The zero-order valence-electron chi connectivity index (χ0n) is 15.4. The molecule has 0 saturated heterocycles. The number of fused-ring (bicyclic) bond motifs is 1. The first kappa shape index (κ1) is 17.2. The van der Waals surface area contributed by atoms with E-state index in [1.54, 1.807) is 4.68 Å². The van der Waals surface area contributed by atoms with Gasteiger partial charge in [-0.2, -0.15) is 5.10 Å². The quantitative estimate of drug-likeness (QED) is 0.519. The van der Waals surface area contributed by atoms with Gasteiger partial charge in [0.25, 0.3) is 5.56 Å². The van der Waals surface area contributed by atoms with Crippen molar-refractivity contribution in [3.05, 3.63) is 93.9 Å². The van der Waals surface area contributed by atoms with Crippen LogP contribution in [-0.4, -0.2) is 21.3 Å². The van der Waals surface area contributed by atoms with Gasteiger partial charge in [-0.25, -0.2) is 4.68 Å². The normalized spacial score (nSPS) is 11.1. The molecule has 0 aliphatic heterocycles. The number of H-pyrrole nitrogens is 1. The topological polar surface area (TPSA) is 67.3 Å². The van der Waals surface area contributed by atoms with Gasteiger partial charge in [0.05, 0.1) is 23.5 Å². The maximum atomic E-state index is 12.6. The Bertz CT molecular complexity index is 1100. The highest BCUT2D eigenvalue weighted by molar-refractivity contribution is 5.80. The Hall–Kier alpha value is -3.18. The van der Waals surface area contributed by atoms with E-state index in [9.17, 15) is 4.79 Å². The number of aromatic amines is 1. The molecule has 5 heteroatoms. The summed E-state index contributed by atoms with van der Waals surface area (Å²) in [5.41, 5.74) is 4.65. The highest BCUT2D eigenvalue weighted by Gasteiger charge is 2.13. The van der Waals surface area contributed by atoms with Crippen molar-refractivity contribution in [3.8, 4) is 5.69 Å². The van der Waals surface area contributed by atoms with Gasteiger partial charge in [-0.3, -0.25) is 4.79 Å². The molecule has 0 aliphatic rings. The number of hydrogen-bond donors (Lipinski definition) is 2. The van der Waals surface area contributed by atoms with Gasteiger partial charge in [-0.15, -0.1) is 0 Å². The largest absolute Gasteiger partial charge is 0.342 e. The average Bonchev–Trinajstić information content (AvgIpc) is 3.02. The summed E-state index contributed by atoms with van der Waals surface area (Å²) in [6, 6.07) is 22.2. The zero-order chi connectivity index (χ0) is 18.6. The highest BCUT2D eigenvalue weighted by atomic mass is 16.1. The van der Waals surface area contributed by atoms with Crippen LogP contribution in [0.3, 0.4) is 0 Å². The van der Waals surface area contributed by atoms with Crippen molar-refractivity contribution in [1.82, 2.24) is 14.8 Å². The third-order valence-corrected chi connectivity index (χ3v) is 4.79. The number of nitrogens with one attached hydrogen (secondary N) is 1. The lowest BCUT2D eigenvalue weighted by Gasteiger charge is -2.05. The summed E-state index contributed by atoms with van der Waals surface area (Å²) in [7, 11) is 0. The molecule has 0 radical (unpaired) electrons. The standard InChI is InChI=1S/C22H22N4O/c1-16-20-14-18(15-23-13-12-17-8-4-2-5-9-17)22(27)24-21(20)26(25-16)19-10-6-3-7-11-19/h2-11,14,23H,12-13,15H2,1H3,(H,24,27)/p+1. The maximum absolute atomic E-state index is 12.6. The number of nitrogens with two attached hydrogens (primary N) is 1. The van der Waals surface area contributed by atoms with Crippen molar-refractivity contribution < 1.29 is 5.32 Å². The van der Waals surface area contributed by atoms with E-state index in [-0.39, 0.29) is 5.56 Å². The van der Waals surface area contributed by atoms with Crippen LogP contribution in [0.4, 0.5) is 0 Å². The molecular weight excluding hydrogens is 336 g/mol. The zero-order valence-corrected chi connectivity index (χ0v) is 15.4. The molecule has 4 rings (SSSR count). The lowest BCUT2D eigenvalue weighted by Crippen LogP contribution is -2.83. The molecule has 0 amide bonds.